The SMILES string of the molecule is CCC(C)C(NC(=O)c1sccc1Cl)C(=O)O. The average Bonchev–Trinajstić information content (AvgIpc) is 2.70. The lowest BCUT2D eigenvalue weighted by atomic mass is 9.99. The Kier molecular flexibility index (Phi) is 4.96. The van der Waals surface area contributed by atoms with Crippen LogP contribution in [0.3, 0.4) is 0 Å². The Bertz CT molecular complexity index is 419. The highest BCUT2D eigenvalue weighted by Crippen LogP contribution is 2.22. The van der Waals surface area contributed by atoms with Crippen molar-refractivity contribution < 1.29 is 14.7 Å². The maximum atomic E-state index is 11.8. The fraction of sp³-hybridized carbons (Fsp3) is 0.455. The number of amides is 1. The molecule has 0 spiro atoms. The molecule has 0 aliphatic heterocycles. The molecule has 1 rings (SSSR count). The molecule has 0 bridgehead atoms. The highest BCUT2D eigenvalue weighted by Gasteiger charge is 2.26. The molecule has 0 fully saturated rings. The van der Waals surface area contributed by atoms with E-state index in [4.69, 9.17) is 16.7 Å². The fourth-order valence-electron chi connectivity index (χ4n) is 1.35. The molecule has 0 aliphatic rings. The van der Waals surface area contributed by atoms with Gasteiger partial charge in [0, 0.05) is 0 Å². The first-order valence-electron chi connectivity index (χ1n) is 5.24. The molecule has 1 aromatic heterocycles. The van der Waals surface area contributed by atoms with E-state index in [2.05, 4.69) is 5.32 Å². The number of aliphatic carboxylic acids is 1. The third-order valence-electron chi connectivity index (χ3n) is 2.59. The Morgan fingerprint density at radius 2 is 2.24 bits per heavy atom. The topological polar surface area (TPSA) is 66.4 Å². The first-order valence-corrected chi connectivity index (χ1v) is 6.49. The number of carboxylic acid groups (broad SMARTS) is 1. The van der Waals surface area contributed by atoms with Gasteiger partial charge in [-0.25, -0.2) is 4.79 Å². The predicted molar refractivity (Wildman–Crippen MR) is 67.7 cm³/mol. The molecule has 4 nitrogen and oxygen atoms in total. The van der Waals surface area contributed by atoms with Gasteiger partial charge in [-0.05, 0) is 17.4 Å². The Morgan fingerprint density at radius 1 is 1.59 bits per heavy atom. The van der Waals surface area contributed by atoms with Crippen LogP contribution >= 0.6 is 22.9 Å². The van der Waals surface area contributed by atoms with Gasteiger partial charge in [0.1, 0.15) is 10.9 Å². The molecule has 1 heterocycles. The van der Waals surface area contributed by atoms with Crippen LogP contribution in [0.1, 0.15) is 29.9 Å². The largest absolute Gasteiger partial charge is 0.480 e. The molecule has 94 valence electrons. The third-order valence-corrected chi connectivity index (χ3v) is 3.93. The van der Waals surface area contributed by atoms with Crippen molar-refractivity contribution in [1.29, 1.82) is 0 Å². The van der Waals surface area contributed by atoms with Gasteiger partial charge < -0.3 is 10.4 Å². The van der Waals surface area contributed by atoms with Crippen LogP contribution in [0.5, 0.6) is 0 Å². The van der Waals surface area contributed by atoms with Crippen LogP contribution in [0.4, 0.5) is 0 Å². The Morgan fingerprint density at radius 3 is 2.65 bits per heavy atom. The van der Waals surface area contributed by atoms with Crippen molar-refractivity contribution in [2.45, 2.75) is 26.3 Å². The number of carbonyl (C=O) groups is 2. The lowest BCUT2D eigenvalue weighted by Gasteiger charge is -2.19. The van der Waals surface area contributed by atoms with Crippen LogP contribution < -0.4 is 5.32 Å². The van der Waals surface area contributed by atoms with Crippen molar-refractivity contribution >= 4 is 34.8 Å². The second kappa shape index (κ2) is 6.02. The van der Waals surface area contributed by atoms with Gasteiger partial charge in [0.25, 0.3) is 5.91 Å². The molecule has 1 aromatic rings. The summed E-state index contributed by atoms with van der Waals surface area (Å²) in [6.45, 7) is 3.67. The van der Waals surface area contributed by atoms with E-state index in [1.807, 2.05) is 6.92 Å². The monoisotopic (exact) mass is 275 g/mol. The first-order chi connectivity index (χ1) is 7.97. The number of thiophene rings is 1. The molecule has 6 heteroatoms. The van der Waals surface area contributed by atoms with Crippen molar-refractivity contribution in [2.75, 3.05) is 0 Å². The third kappa shape index (κ3) is 3.44. The second-order valence-corrected chi connectivity index (χ2v) is 5.10. The highest BCUT2D eigenvalue weighted by atomic mass is 35.5. The molecular formula is C11H14ClNO3S. The van der Waals surface area contributed by atoms with E-state index in [-0.39, 0.29) is 5.92 Å². The lowest BCUT2D eigenvalue weighted by Crippen LogP contribution is -2.44. The van der Waals surface area contributed by atoms with Crippen LogP contribution in [0.2, 0.25) is 5.02 Å². The zero-order valence-electron chi connectivity index (χ0n) is 9.57. The summed E-state index contributed by atoms with van der Waals surface area (Å²) in [5.41, 5.74) is 0. The van der Waals surface area contributed by atoms with E-state index < -0.39 is 17.9 Å². The maximum Gasteiger partial charge on any atom is 0.326 e. The standard InChI is InChI=1S/C11H14ClNO3S/c1-3-6(2)8(11(15)16)13-10(14)9-7(12)4-5-17-9/h4-6,8H,3H2,1-2H3,(H,13,14)(H,15,16). The fourth-order valence-corrected chi connectivity index (χ4v) is 2.39. The van der Waals surface area contributed by atoms with E-state index in [1.54, 1.807) is 18.4 Å². The zero-order valence-corrected chi connectivity index (χ0v) is 11.1. The number of rotatable bonds is 5. The minimum Gasteiger partial charge on any atom is -0.480 e. The van der Waals surface area contributed by atoms with Crippen LogP contribution in [0.15, 0.2) is 11.4 Å². The van der Waals surface area contributed by atoms with Crippen molar-refractivity contribution in [3.63, 3.8) is 0 Å². The molecule has 2 atom stereocenters. The summed E-state index contributed by atoms with van der Waals surface area (Å²) in [6.07, 6.45) is 0.676. The summed E-state index contributed by atoms with van der Waals surface area (Å²) in [6, 6.07) is 0.728. The highest BCUT2D eigenvalue weighted by molar-refractivity contribution is 7.12. The molecule has 17 heavy (non-hydrogen) atoms. The maximum absolute atomic E-state index is 11.8. The number of carbonyl (C=O) groups excluding carboxylic acids is 1. The van der Waals surface area contributed by atoms with Gasteiger partial charge in [0.15, 0.2) is 0 Å². The van der Waals surface area contributed by atoms with Gasteiger partial charge in [-0.1, -0.05) is 31.9 Å². The lowest BCUT2D eigenvalue weighted by molar-refractivity contribution is -0.140. The Balaban J connectivity index is 2.78. The molecule has 2 unspecified atom stereocenters. The minimum absolute atomic E-state index is 0.129. The van der Waals surface area contributed by atoms with Crippen molar-refractivity contribution in [2.24, 2.45) is 5.92 Å². The summed E-state index contributed by atoms with van der Waals surface area (Å²) in [5, 5.41) is 13.6. The summed E-state index contributed by atoms with van der Waals surface area (Å²) >= 11 is 7.01. The Labute approximate surface area is 109 Å². The van der Waals surface area contributed by atoms with E-state index in [9.17, 15) is 9.59 Å². The molecule has 0 radical (unpaired) electrons. The number of nitrogens with one attached hydrogen (secondary N) is 1. The van der Waals surface area contributed by atoms with E-state index in [0.717, 1.165) is 0 Å². The first kappa shape index (κ1) is 14.0. The molecule has 1 amide bonds. The quantitative estimate of drug-likeness (QED) is 0.868. The number of hydrogen-bond donors (Lipinski definition) is 2. The van der Waals surface area contributed by atoms with Gasteiger partial charge in [-0.15, -0.1) is 11.3 Å². The van der Waals surface area contributed by atoms with Gasteiger partial charge in [-0.2, -0.15) is 0 Å². The van der Waals surface area contributed by atoms with E-state index in [0.29, 0.717) is 16.3 Å². The normalized spacial score (nSPS) is 14.1. The molecule has 0 saturated heterocycles. The van der Waals surface area contributed by atoms with Gasteiger partial charge in [-0.3, -0.25) is 4.79 Å². The minimum atomic E-state index is -1.03. The Hall–Kier alpha value is -1.07. The smallest absolute Gasteiger partial charge is 0.326 e. The molecule has 0 aliphatic carbocycles. The van der Waals surface area contributed by atoms with Crippen LogP contribution in [0.25, 0.3) is 0 Å². The molecular weight excluding hydrogens is 262 g/mol. The average molecular weight is 276 g/mol. The van der Waals surface area contributed by atoms with E-state index in [1.165, 1.54) is 11.3 Å². The van der Waals surface area contributed by atoms with Crippen molar-refractivity contribution in [1.82, 2.24) is 5.32 Å². The summed E-state index contributed by atoms with van der Waals surface area (Å²) in [4.78, 5) is 23.2. The number of hydrogen-bond acceptors (Lipinski definition) is 3. The number of carboxylic acids is 1. The number of halogens is 1. The zero-order chi connectivity index (χ0) is 13.0. The van der Waals surface area contributed by atoms with Crippen molar-refractivity contribution in [3.8, 4) is 0 Å². The van der Waals surface area contributed by atoms with Gasteiger partial charge in [0.2, 0.25) is 0 Å². The predicted octanol–water partition coefficient (Wildman–Crippen LogP) is 2.63. The van der Waals surface area contributed by atoms with Crippen molar-refractivity contribution in [3.05, 3.63) is 21.3 Å². The van der Waals surface area contributed by atoms with Crippen LogP contribution in [-0.2, 0) is 4.79 Å². The molecule has 0 saturated carbocycles. The summed E-state index contributed by atoms with van der Waals surface area (Å²) < 4.78 is 0. The summed E-state index contributed by atoms with van der Waals surface area (Å²) in [7, 11) is 0. The summed E-state index contributed by atoms with van der Waals surface area (Å²) in [5.74, 6) is -1.59. The molecule has 0 aromatic carbocycles. The van der Waals surface area contributed by atoms with Gasteiger partial charge in [0.05, 0.1) is 5.02 Å². The van der Waals surface area contributed by atoms with Crippen LogP contribution in [-0.4, -0.2) is 23.0 Å². The molecule has 2 N–H and O–H groups in total. The van der Waals surface area contributed by atoms with E-state index >= 15 is 0 Å². The second-order valence-electron chi connectivity index (χ2n) is 3.77. The van der Waals surface area contributed by atoms with Gasteiger partial charge >= 0.3 is 5.97 Å². The van der Waals surface area contributed by atoms with Crippen LogP contribution in [0, 0.1) is 5.92 Å².